The van der Waals surface area contributed by atoms with Gasteiger partial charge in [0, 0.05) is 12.0 Å². The SMILES string of the molecule is CNC(C)CC1CS(=O)(=O)c2ccccc21. The molecule has 0 bridgehead atoms. The van der Waals surface area contributed by atoms with Crippen molar-refractivity contribution in [3.05, 3.63) is 29.8 Å². The number of benzene rings is 1. The van der Waals surface area contributed by atoms with Crippen molar-refractivity contribution in [3.8, 4) is 0 Å². The van der Waals surface area contributed by atoms with Gasteiger partial charge in [-0.1, -0.05) is 18.2 Å². The minimum atomic E-state index is -3.04. The lowest BCUT2D eigenvalue weighted by Gasteiger charge is -2.15. The van der Waals surface area contributed by atoms with Crippen molar-refractivity contribution in [1.82, 2.24) is 5.32 Å². The van der Waals surface area contributed by atoms with Crippen molar-refractivity contribution in [3.63, 3.8) is 0 Å². The van der Waals surface area contributed by atoms with E-state index in [-0.39, 0.29) is 11.7 Å². The summed E-state index contributed by atoms with van der Waals surface area (Å²) in [5.41, 5.74) is 0.990. The number of nitrogens with one attached hydrogen (secondary N) is 1. The first-order valence-electron chi connectivity index (χ1n) is 5.53. The molecule has 1 aromatic carbocycles. The molecule has 0 spiro atoms. The van der Waals surface area contributed by atoms with Gasteiger partial charge in [-0.25, -0.2) is 8.42 Å². The second-order valence-corrected chi connectivity index (χ2v) is 6.44. The monoisotopic (exact) mass is 239 g/mol. The maximum absolute atomic E-state index is 11.9. The maximum atomic E-state index is 11.9. The van der Waals surface area contributed by atoms with Crippen molar-refractivity contribution < 1.29 is 8.42 Å². The van der Waals surface area contributed by atoms with E-state index >= 15 is 0 Å². The molecule has 1 aliphatic heterocycles. The van der Waals surface area contributed by atoms with Crippen LogP contribution in [-0.4, -0.2) is 27.3 Å². The highest BCUT2D eigenvalue weighted by atomic mass is 32.2. The smallest absolute Gasteiger partial charge is 0.179 e. The third-order valence-corrected chi connectivity index (χ3v) is 5.13. The van der Waals surface area contributed by atoms with Crippen LogP contribution in [0.5, 0.6) is 0 Å². The molecule has 0 radical (unpaired) electrons. The first-order chi connectivity index (χ1) is 7.54. The standard InChI is InChI=1S/C12H17NO2S/c1-9(13-2)7-10-8-16(14,15)12-6-4-3-5-11(10)12/h3-6,9-10,13H,7-8H2,1-2H3. The molecule has 88 valence electrons. The van der Waals surface area contributed by atoms with E-state index in [1.807, 2.05) is 19.2 Å². The highest BCUT2D eigenvalue weighted by molar-refractivity contribution is 7.91. The average molecular weight is 239 g/mol. The Balaban J connectivity index is 2.34. The van der Waals surface area contributed by atoms with Gasteiger partial charge in [0.2, 0.25) is 0 Å². The summed E-state index contributed by atoms with van der Waals surface area (Å²) in [6.45, 7) is 2.08. The number of hydrogen-bond acceptors (Lipinski definition) is 3. The predicted molar refractivity (Wildman–Crippen MR) is 64.4 cm³/mol. The third kappa shape index (κ3) is 1.99. The van der Waals surface area contributed by atoms with Crippen LogP contribution >= 0.6 is 0 Å². The van der Waals surface area contributed by atoms with Crippen LogP contribution in [0.3, 0.4) is 0 Å². The summed E-state index contributed by atoms with van der Waals surface area (Å²) < 4.78 is 23.8. The lowest BCUT2D eigenvalue weighted by Crippen LogP contribution is -2.24. The van der Waals surface area contributed by atoms with E-state index in [2.05, 4.69) is 12.2 Å². The highest BCUT2D eigenvalue weighted by Gasteiger charge is 2.34. The van der Waals surface area contributed by atoms with E-state index < -0.39 is 9.84 Å². The van der Waals surface area contributed by atoms with Crippen LogP contribution in [0.25, 0.3) is 0 Å². The van der Waals surface area contributed by atoms with Crippen LogP contribution in [0.2, 0.25) is 0 Å². The third-order valence-electron chi connectivity index (χ3n) is 3.25. The van der Waals surface area contributed by atoms with Crippen LogP contribution in [0.1, 0.15) is 24.8 Å². The number of fused-ring (bicyclic) bond motifs is 1. The summed E-state index contributed by atoms with van der Waals surface area (Å²) in [6.07, 6.45) is 0.868. The molecule has 1 N–H and O–H groups in total. The van der Waals surface area contributed by atoms with Gasteiger partial charge in [-0.2, -0.15) is 0 Å². The van der Waals surface area contributed by atoms with E-state index in [0.717, 1.165) is 12.0 Å². The highest BCUT2D eigenvalue weighted by Crippen LogP contribution is 2.37. The molecule has 0 fully saturated rings. The van der Waals surface area contributed by atoms with E-state index in [1.54, 1.807) is 12.1 Å². The Morgan fingerprint density at radius 2 is 2.12 bits per heavy atom. The fourth-order valence-electron chi connectivity index (χ4n) is 2.29. The van der Waals surface area contributed by atoms with Crippen LogP contribution in [0.4, 0.5) is 0 Å². The summed E-state index contributed by atoms with van der Waals surface area (Å²) in [6, 6.07) is 7.70. The summed E-state index contributed by atoms with van der Waals surface area (Å²) >= 11 is 0. The van der Waals surface area contributed by atoms with Crippen molar-refractivity contribution in [2.45, 2.75) is 30.2 Å². The molecule has 0 aliphatic carbocycles. The zero-order valence-electron chi connectivity index (χ0n) is 9.60. The molecule has 3 nitrogen and oxygen atoms in total. The number of sulfone groups is 1. The molecule has 0 saturated carbocycles. The summed E-state index contributed by atoms with van der Waals surface area (Å²) in [5.74, 6) is 0.405. The quantitative estimate of drug-likeness (QED) is 0.870. The summed E-state index contributed by atoms with van der Waals surface area (Å²) in [5, 5.41) is 3.16. The number of hydrogen-bond donors (Lipinski definition) is 1. The minimum Gasteiger partial charge on any atom is -0.317 e. The second kappa shape index (κ2) is 4.18. The summed E-state index contributed by atoms with van der Waals surface area (Å²) in [4.78, 5) is 0.531. The largest absolute Gasteiger partial charge is 0.317 e. The van der Waals surface area contributed by atoms with Gasteiger partial charge in [0.15, 0.2) is 9.84 Å². The van der Waals surface area contributed by atoms with Crippen molar-refractivity contribution in [2.75, 3.05) is 12.8 Å². The van der Waals surface area contributed by atoms with Gasteiger partial charge in [-0.3, -0.25) is 0 Å². The minimum absolute atomic E-state index is 0.142. The lowest BCUT2D eigenvalue weighted by atomic mass is 9.95. The van der Waals surface area contributed by atoms with Gasteiger partial charge in [0.1, 0.15) is 0 Å². The Bertz CT molecular complexity index is 482. The fourth-order valence-corrected chi connectivity index (χ4v) is 4.19. The van der Waals surface area contributed by atoms with Gasteiger partial charge in [-0.05, 0) is 32.0 Å². The van der Waals surface area contributed by atoms with E-state index in [0.29, 0.717) is 10.9 Å². The Morgan fingerprint density at radius 3 is 2.81 bits per heavy atom. The number of rotatable bonds is 3. The first kappa shape index (κ1) is 11.6. The van der Waals surface area contributed by atoms with Crippen molar-refractivity contribution in [1.29, 1.82) is 0 Å². The van der Waals surface area contributed by atoms with Crippen molar-refractivity contribution >= 4 is 9.84 Å². The average Bonchev–Trinajstić information content (AvgIpc) is 2.51. The topological polar surface area (TPSA) is 46.2 Å². The van der Waals surface area contributed by atoms with Gasteiger partial charge in [0.25, 0.3) is 0 Å². The molecule has 4 heteroatoms. The molecular weight excluding hydrogens is 222 g/mol. The molecule has 1 aromatic rings. The van der Waals surface area contributed by atoms with Gasteiger partial charge < -0.3 is 5.32 Å². The molecule has 2 rings (SSSR count). The zero-order valence-corrected chi connectivity index (χ0v) is 10.4. The van der Waals surface area contributed by atoms with Gasteiger partial charge >= 0.3 is 0 Å². The van der Waals surface area contributed by atoms with Crippen LogP contribution in [0.15, 0.2) is 29.2 Å². The molecule has 1 aliphatic rings. The molecule has 1 heterocycles. The Hall–Kier alpha value is -0.870. The van der Waals surface area contributed by atoms with E-state index in [9.17, 15) is 8.42 Å². The molecule has 0 amide bonds. The maximum Gasteiger partial charge on any atom is 0.179 e. The second-order valence-electron chi connectivity index (χ2n) is 4.44. The van der Waals surface area contributed by atoms with Crippen LogP contribution in [0, 0.1) is 0 Å². The van der Waals surface area contributed by atoms with Gasteiger partial charge in [-0.15, -0.1) is 0 Å². The molecule has 0 aromatic heterocycles. The molecule has 16 heavy (non-hydrogen) atoms. The molecular formula is C12H17NO2S. The molecule has 2 atom stereocenters. The normalized spacial score (nSPS) is 24.0. The fraction of sp³-hybridized carbons (Fsp3) is 0.500. The Kier molecular flexibility index (Phi) is 3.04. The lowest BCUT2D eigenvalue weighted by molar-refractivity contribution is 0.517. The van der Waals surface area contributed by atoms with Crippen LogP contribution in [-0.2, 0) is 9.84 Å². The van der Waals surface area contributed by atoms with E-state index in [1.165, 1.54) is 0 Å². The Labute approximate surface area is 96.8 Å². The van der Waals surface area contributed by atoms with Crippen LogP contribution < -0.4 is 5.32 Å². The first-order valence-corrected chi connectivity index (χ1v) is 7.19. The van der Waals surface area contributed by atoms with Crippen molar-refractivity contribution in [2.24, 2.45) is 0 Å². The Morgan fingerprint density at radius 1 is 1.44 bits per heavy atom. The zero-order chi connectivity index (χ0) is 11.8. The molecule has 2 unspecified atom stereocenters. The summed E-state index contributed by atoms with van der Waals surface area (Å²) in [7, 11) is -1.13. The predicted octanol–water partition coefficient (Wildman–Crippen LogP) is 1.56. The van der Waals surface area contributed by atoms with E-state index in [4.69, 9.17) is 0 Å². The van der Waals surface area contributed by atoms with Gasteiger partial charge in [0.05, 0.1) is 10.6 Å². The molecule has 0 saturated heterocycles.